The lowest BCUT2D eigenvalue weighted by atomic mass is 9.82. The van der Waals surface area contributed by atoms with Gasteiger partial charge in [-0.2, -0.15) is 13.2 Å². The fraction of sp³-hybridized carbons (Fsp3) is 0.500. The van der Waals surface area contributed by atoms with Gasteiger partial charge in [0.1, 0.15) is 0 Å². The molecule has 1 aromatic rings. The molecule has 0 atom stereocenters. The molecule has 0 heterocycles. The second-order valence-electron chi connectivity index (χ2n) is 4.90. The predicted octanol–water partition coefficient (Wildman–Crippen LogP) is 2.64. The molecule has 114 valence electrons. The molecule has 0 radical (unpaired) electrons. The molecular formula is C12H15ClF3NO2S. The Balaban J connectivity index is 0.00000200. The van der Waals surface area contributed by atoms with Gasteiger partial charge in [0.2, 0.25) is 0 Å². The molecule has 1 aromatic carbocycles. The van der Waals surface area contributed by atoms with E-state index in [4.69, 9.17) is 5.73 Å². The SMILES string of the molecule is Cl.NC1CC(CS(=O)(=O)c2cccc(C(F)(F)F)c2)C1. The fourth-order valence-electron chi connectivity index (χ4n) is 2.20. The molecule has 8 heteroatoms. The van der Waals surface area contributed by atoms with Crippen molar-refractivity contribution in [1.29, 1.82) is 0 Å². The molecule has 0 aromatic heterocycles. The number of hydrogen-bond acceptors (Lipinski definition) is 3. The molecule has 3 nitrogen and oxygen atoms in total. The van der Waals surface area contributed by atoms with Gasteiger partial charge in [-0.1, -0.05) is 6.07 Å². The van der Waals surface area contributed by atoms with Gasteiger partial charge in [-0.15, -0.1) is 12.4 Å². The van der Waals surface area contributed by atoms with Crippen LogP contribution in [0.4, 0.5) is 13.2 Å². The Bertz CT molecular complexity index is 568. The first-order valence-electron chi connectivity index (χ1n) is 5.84. The highest BCUT2D eigenvalue weighted by molar-refractivity contribution is 7.91. The number of benzene rings is 1. The smallest absolute Gasteiger partial charge is 0.328 e. The summed E-state index contributed by atoms with van der Waals surface area (Å²) in [6.07, 6.45) is -3.32. The molecule has 2 N–H and O–H groups in total. The van der Waals surface area contributed by atoms with Gasteiger partial charge in [0, 0.05) is 6.04 Å². The van der Waals surface area contributed by atoms with Crippen molar-refractivity contribution in [2.45, 2.75) is 30.0 Å². The van der Waals surface area contributed by atoms with Gasteiger partial charge in [0.15, 0.2) is 9.84 Å². The van der Waals surface area contributed by atoms with E-state index in [0.717, 1.165) is 12.1 Å². The van der Waals surface area contributed by atoms with Gasteiger partial charge < -0.3 is 5.73 Å². The molecule has 1 aliphatic carbocycles. The first-order valence-corrected chi connectivity index (χ1v) is 7.49. The topological polar surface area (TPSA) is 60.2 Å². The van der Waals surface area contributed by atoms with Crippen LogP contribution in [0, 0.1) is 5.92 Å². The molecule has 2 rings (SSSR count). The number of halogens is 4. The maximum absolute atomic E-state index is 12.5. The van der Waals surface area contributed by atoms with Crippen LogP contribution >= 0.6 is 12.4 Å². The molecule has 0 bridgehead atoms. The van der Waals surface area contributed by atoms with E-state index in [0.29, 0.717) is 18.9 Å². The van der Waals surface area contributed by atoms with Gasteiger partial charge in [-0.25, -0.2) is 8.42 Å². The minimum atomic E-state index is -4.54. The summed E-state index contributed by atoms with van der Waals surface area (Å²) in [5, 5.41) is 0. The summed E-state index contributed by atoms with van der Waals surface area (Å²) in [6, 6.07) is 3.87. The summed E-state index contributed by atoms with van der Waals surface area (Å²) in [5.41, 5.74) is 4.62. The molecule has 1 saturated carbocycles. The van der Waals surface area contributed by atoms with Crippen LogP contribution in [0.2, 0.25) is 0 Å². The largest absolute Gasteiger partial charge is 0.416 e. The van der Waals surface area contributed by atoms with Crippen molar-refractivity contribution in [1.82, 2.24) is 0 Å². The summed E-state index contributed by atoms with van der Waals surface area (Å²) in [5.74, 6) is -0.184. The Hall–Kier alpha value is -0.790. The van der Waals surface area contributed by atoms with Crippen LogP contribution in [0.3, 0.4) is 0 Å². The normalized spacial score (nSPS) is 22.8. The molecular weight excluding hydrogens is 315 g/mol. The number of sulfone groups is 1. The predicted molar refractivity (Wildman–Crippen MR) is 71.4 cm³/mol. The highest BCUT2D eigenvalue weighted by Gasteiger charge is 2.34. The molecule has 20 heavy (non-hydrogen) atoms. The van der Waals surface area contributed by atoms with Crippen LogP contribution in [0.5, 0.6) is 0 Å². The van der Waals surface area contributed by atoms with Crippen molar-refractivity contribution in [3.05, 3.63) is 29.8 Å². The van der Waals surface area contributed by atoms with Crippen molar-refractivity contribution in [3.8, 4) is 0 Å². The van der Waals surface area contributed by atoms with E-state index in [1.54, 1.807) is 0 Å². The van der Waals surface area contributed by atoms with Gasteiger partial charge in [-0.3, -0.25) is 0 Å². The third-order valence-corrected chi connectivity index (χ3v) is 5.13. The molecule has 0 spiro atoms. The van der Waals surface area contributed by atoms with E-state index in [1.165, 1.54) is 6.07 Å². The van der Waals surface area contributed by atoms with Crippen molar-refractivity contribution in [2.24, 2.45) is 11.7 Å². The average molecular weight is 330 g/mol. The zero-order valence-corrected chi connectivity index (χ0v) is 12.1. The van der Waals surface area contributed by atoms with E-state index >= 15 is 0 Å². The number of rotatable bonds is 3. The first kappa shape index (κ1) is 17.3. The third-order valence-electron chi connectivity index (χ3n) is 3.25. The zero-order valence-electron chi connectivity index (χ0n) is 10.4. The van der Waals surface area contributed by atoms with Gasteiger partial charge in [0.05, 0.1) is 16.2 Å². The Morgan fingerprint density at radius 1 is 1.25 bits per heavy atom. The van der Waals surface area contributed by atoms with Crippen LogP contribution < -0.4 is 5.73 Å². The Labute approximate surface area is 121 Å². The third kappa shape index (κ3) is 3.86. The molecule has 0 saturated heterocycles. The van der Waals surface area contributed by atoms with E-state index < -0.39 is 21.6 Å². The van der Waals surface area contributed by atoms with Crippen molar-refractivity contribution >= 4 is 22.2 Å². The Morgan fingerprint density at radius 3 is 2.35 bits per heavy atom. The minimum absolute atomic E-state index is 0. The lowest BCUT2D eigenvalue weighted by Gasteiger charge is -2.32. The maximum Gasteiger partial charge on any atom is 0.416 e. The van der Waals surface area contributed by atoms with Crippen molar-refractivity contribution < 1.29 is 21.6 Å². The first-order chi connectivity index (χ1) is 8.68. The summed E-state index contributed by atoms with van der Waals surface area (Å²) in [4.78, 5) is -0.275. The van der Waals surface area contributed by atoms with Gasteiger partial charge in [-0.05, 0) is 37.0 Å². The average Bonchev–Trinajstić information content (AvgIpc) is 2.26. The van der Waals surface area contributed by atoms with E-state index in [9.17, 15) is 21.6 Å². The van der Waals surface area contributed by atoms with E-state index in [-0.39, 0.29) is 35.0 Å². The summed E-state index contributed by atoms with van der Waals surface area (Å²) >= 11 is 0. The zero-order chi connectivity index (χ0) is 14.3. The van der Waals surface area contributed by atoms with E-state index in [2.05, 4.69) is 0 Å². The Morgan fingerprint density at radius 2 is 1.85 bits per heavy atom. The maximum atomic E-state index is 12.5. The van der Waals surface area contributed by atoms with Crippen LogP contribution in [0.1, 0.15) is 18.4 Å². The molecule has 1 aliphatic rings. The monoisotopic (exact) mass is 329 g/mol. The summed E-state index contributed by atoms with van der Waals surface area (Å²) in [7, 11) is -3.68. The minimum Gasteiger partial charge on any atom is -0.328 e. The van der Waals surface area contributed by atoms with Crippen molar-refractivity contribution in [3.63, 3.8) is 0 Å². The summed E-state index contributed by atoms with van der Waals surface area (Å²) < 4.78 is 61.6. The standard InChI is InChI=1S/C12H14F3NO2S.ClH/c13-12(14,15)9-2-1-3-11(6-9)19(17,18)7-8-4-10(16)5-8;/h1-3,6,8,10H,4-5,7,16H2;1H. The van der Waals surface area contributed by atoms with Gasteiger partial charge >= 0.3 is 6.18 Å². The highest BCUT2D eigenvalue weighted by Crippen LogP contribution is 2.32. The van der Waals surface area contributed by atoms with Gasteiger partial charge in [0.25, 0.3) is 0 Å². The Kier molecular flexibility index (Phi) is 5.10. The van der Waals surface area contributed by atoms with E-state index in [1.807, 2.05) is 0 Å². The quantitative estimate of drug-likeness (QED) is 0.927. The van der Waals surface area contributed by atoms with Crippen LogP contribution in [-0.4, -0.2) is 20.2 Å². The lowest BCUT2D eigenvalue weighted by molar-refractivity contribution is -0.137. The second-order valence-corrected chi connectivity index (χ2v) is 6.94. The highest BCUT2D eigenvalue weighted by atomic mass is 35.5. The number of nitrogens with two attached hydrogens (primary N) is 1. The van der Waals surface area contributed by atoms with Crippen LogP contribution in [0.25, 0.3) is 0 Å². The van der Waals surface area contributed by atoms with Crippen LogP contribution in [-0.2, 0) is 16.0 Å². The molecule has 1 fully saturated rings. The van der Waals surface area contributed by atoms with Crippen molar-refractivity contribution in [2.75, 3.05) is 5.75 Å². The molecule has 0 amide bonds. The lowest BCUT2D eigenvalue weighted by Crippen LogP contribution is -2.39. The molecule has 0 aliphatic heterocycles. The second kappa shape index (κ2) is 5.91. The molecule has 0 unspecified atom stereocenters. The number of alkyl halides is 3. The number of hydrogen-bond donors (Lipinski definition) is 1. The fourth-order valence-corrected chi connectivity index (χ4v) is 3.87. The van der Waals surface area contributed by atoms with Crippen LogP contribution in [0.15, 0.2) is 29.2 Å². The summed E-state index contributed by atoms with van der Waals surface area (Å²) in [6.45, 7) is 0.